The molecule has 0 fully saturated rings. The Kier molecular flexibility index (Phi) is 6.54. The highest BCUT2D eigenvalue weighted by molar-refractivity contribution is 5.73. The molecule has 84 valence electrons. The first-order valence-corrected chi connectivity index (χ1v) is 5.53. The van der Waals surface area contributed by atoms with Crippen LogP contribution in [0.2, 0.25) is 0 Å². The van der Waals surface area contributed by atoms with Crippen molar-refractivity contribution in [3.05, 3.63) is 0 Å². The summed E-state index contributed by atoms with van der Waals surface area (Å²) in [6, 6.07) is 0.0764. The van der Waals surface area contributed by atoms with Crippen molar-refractivity contribution in [3.63, 3.8) is 0 Å². The lowest BCUT2D eigenvalue weighted by Gasteiger charge is -2.31. The molecule has 1 N–H and O–H groups in total. The fourth-order valence-electron chi connectivity index (χ4n) is 1.92. The van der Waals surface area contributed by atoms with Crippen molar-refractivity contribution in [1.82, 2.24) is 4.90 Å². The second-order valence-corrected chi connectivity index (χ2v) is 3.78. The summed E-state index contributed by atoms with van der Waals surface area (Å²) in [7, 11) is 1.92. The third kappa shape index (κ3) is 3.66. The van der Waals surface area contributed by atoms with Crippen LogP contribution in [0.3, 0.4) is 0 Å². The Balaban J connectivity index is 4.36. The van der Waals surface area contributed by atoms with E-state index in [1.165, 1.54) is 0 Å². The van der Waals surface area contributed by atoms with Crippen molar-refractivity contribution in [3.8, 4) is 0 Å². The largest absolute Gasteiger partial charge is 0.480 e. The molecule has 0 aliphatic carbocycles. The highest BCUT2D eigenvalue weighted by Gasteiger charge is 2.25. The number of carboxylic acids is 1. The van der Waals surface area contributed by atoms with E-state index in [2.05, 4.69) is 13.8 Å². The second-order valence-electron chi connectivity index (χ2n) is 3.78. The van der Waals surface area contributed by atoms with Gasteiger partial charge in [-0.25, -0.2) is 0 Å². The molecule has 3 heteroatoms. The molecule has 0 aliphatic heterocycles. The van der Waals surface area contributed by atoms with Gasteiger partial charge in [-0.1, -0.05) is 27.2 Å². The fourth-order valence-corrected chi connectivity index (χ4v) is 1.92. The summed E-state index contributed by atoms with van der Waals surface area (Å²) < 4.78 is 0. The summed E-state index contributed by atoms with van der Waals surface area (Å²) in [6.07, 6.45) is 3.88. The molecule has 0 aromatic rings. The van der Waals surface area contributed by atoms with Crippen LogP contribution in [-0.4, -0.2) is 35.1 Å². The third-order valence-corrected chi connectivity index (χ3v) is 2.83. The van der Waals surface area contributed by atoms with E-state index in [4.69, 9.17) is 5.11 Å². The first kappa shape index (κ1) is 13.4. The minimum absolute atomic E-state index is 0.327. The molecule has 0 bridgehead atoms. The maximum atomic E-state index is 11.0. The van der Waals surface area contributed by atoms with Gasteiger partial charge in [0, 0.05) is 6.04 Å². The minimum Gasteiger partial charge on any atom is -0.480 e. The number of aliphatic carboxylic acids is 1. The Hall–Kier alpha value is -0.570. The van der Waals surface area contributed by atoms with E-state index in [9.17, 15) is 4.79 Å². The van der Waals surface area contributed by atoms with Gasteiger partial charge in [0.25, 0.3) is 0 Å². The van der Waals surface area contributed by atoms with E-state index in [0.29, 0.717) is 12.5 Å². The quantitative estimate of drug-likeness (QED) is 0.687. The van der Waals surface area contributed by atoms with Crippen LogP contribution in [0.25, 0.3) is 0 Å². The average molecular weight is 201 g/mol. The van der Waals surface area contributed by atoms with Gasteiger partial charge in [-0.2, -0.15) is 0 Å². The van der Waals surface area contributed by atoms with E-state index in [-0.39, 0.29) is 6.04 Å². The summed E-state index contributed by atoms with van der Waals surface area (Å²) in [6.45, 7) is 6.18. The van der Waals surface area contributed by atoms with Crippen molar-refractivity contribution in [2.75, 3.05) is 7.05 Å². The number of nitrogens with zero attached hydrogens (tertiary/aromatic N) is 1. The average Bonchev–Trinajstić information content (AvgIpc) is 2.14. The molecule has 14 heavy (non-hydrogen) atoms. The Morgan fingerprint density at radius 3 is 2.14 bits per heavy atom. The Morgan fingerprint density at radius 2 is 1.86 bits per heavy atom. The number of carbonyl (C=O) groups is 1. The lowest BCUT2D eigenvalue weighted by atomic mass is 10.0. The standard InChI is InChI=1S/C11H23NO2/c1-5-8-9(6-2)12(4)10(7-3)11(13)14/h9-10H,5-8H2,1-4H3,(H,13,14). The van der Waals surface area contributed by atoms with Crippen LogP contribution in [0.4, 0.5) is 0 Å². The van der Waals surface area contributed by atoms with Crippen molar-refractivity contribution in [2.24, 2.45) is 0 Å². The van der Waals surface area contributed by atoms with Crippen LogP contribution in [-0.2, 0) is 4.79 Å². The first-order chi connectivity index (χ1) is 6.58. The normalized spacial score (nSPS) is 15.5. The van der Waals surface area contributed by atoms with Gasteiger partial charge in [0.05, 0.1) is 0 Å². The number of hydrogen-bond donors (Lipinski definition) is 1. The highest BCUT2D eigenvalue weighted by Crippen LogP contribution is 2.14. The van der Waals surface area contributed by atoms with Crippen LogP contribution in [0.5, 0.6) is 0 Å². The zero-order chi connectivity index (χ0) is 11.1. The van der Waals surface area contributed by atoms with Crippen LogP contribution in [0, 0.1) is 0 Å². The monoisotopic (exact) mass is 201 g/mol. The van der Waals surface area contributed by atoms with Crippen LogP contribution in [0.15, 0.2) is 0 Å². The molecular formula is C11H23NO2. The van der Waals surface area contributed by atoms with E-state index < -0.39 is 5.97 Å². The Morgan fingerprint density at radius 1 is 1.29 bits per heavy atom. The summed E-state index contributed by atoms with van der Waals surface area (Å²) >= 11 is 0. The summed E-state index contributed by atoms with van der Waals surface area (Å²) in [4.78, 5) is 13.0. The van der Waals surface area contributed by atoms with Crippen LogP contribution in [0.1, 0.15) is 46.5 Å². The van der Waals surface area contributed by atoms with Gasteiger partial charge in [0.1, 0.15) is 6.04 Å². The molecule has 0 rings (SSSR count). The second kappa shape index (κ2) is 6.82. The molecular weight excluding hydrogens is 178 g/mol. The van der Waals surface area contributed by atoms with Gasteiger partial charge in [-0.05, 0) is 26.3 Å². The maximum Gasteiger partial charge on any atom is 0.320 e. The van der Waals surface area contributed by atoms with Gasteiger partial charge in [0.2, 0.25) is 0 Å². The van der Waals surface area contributed by atoms with E-state index in [1.807, 2.05) is 18.9 Å². The zero-order valence-electron chi connectivity index (χ0n) is 9.79. The van der Waals surface area contributed by atoms with Crippen molar-refractivity contribution in [1.29, 1.82) is 0 Å². The van der Waals surface area contributed by atoms with E-state index >= 15 is 0 Å². The van der Waals surface area contributed by atoms with Gasteiger partial charge < -0.3 is 5.11 Å². The molecule has 3 nitrogen and oxygen atoms in total. The van der Waals surface area contributed by atoms with Gasteiger partial charge in [0.15, 0.2) is 0 Å². The number of hydrogen-bond acceptors (Lipinski definition) is 2. The zero-order valence-corrected chi connectivity index (χ0v) is 9.79. The molecule has 0 aliphatic rings. The molecule has 2 atom stereocenters. The first-order valence-electron chi connectivity index (χ1n) is 5.53. The van der Waals surface area contributed by atoms with Gasteiger partial charge in [-0.15, -0.1) is 0 Å². The molecule has 0 heterocycles. The molecule has 0 saturated carbocycles. The van der Waals surface area contributed by atoms with Gasteiger partial charge >= 0.3 is 5.97 Å². The number of likely N-dealkylation sites (N-methyl/N-ethyl adjacent to an activating group) is 1. The summed E-state index contributed by atoms with van der Waals surface area (Å²) in [5.41, 5.74) is 0. The minimum atomic E-state index is -0.704. The van der Waals surface area contributed by atoms with Crippen LogP contribution < -0.4 is 0 Å². The summed E-state index contributed by atoms with van der Waals surface area (Å²) in [5, 5.41) is 9.01. The fraction of sp³-hybridized carbons (Fsp3) is 0.909. The predicted molar refractivity (Wildman–Crippen MR) is 58.5 cm³/mol. The van der Waals surface area contributed by atoms with Gasteiger partial charge in [-0.3, -0.25) is 9.69 Å². The van der Waals surface area contributed by atoms with Crippen LogP contribution >= 0.6 is 0 Å². The van der Waals surface area contributed by atoms with E-state index in [0.717, 1.165) is 19.3 Å². The molecule has 0 aromatic carbocycles. The lowest BCUT2D eigenvalue weighted by molar-refractivity contribution is -0.143. The van der Waals surface area contributed by atoms with Crippen molar-refractivity contribution >= 4 is 5.97 Å². The Labute approximate surface area is 87.1 Å². The SMILES string of the molecule is CCCC(CC)N(C)C(CC)C(=O)O. The lowest BCUT2D eigenvalue weighted by Crippen LogP contribution is -2.44. The molecule has 2 unspecified atom stereocenters. The number of carboxylic acid groups (broad SMARTS) is 1. The van der Waals surface area contributed by atoms with Crippen molar-refractivity contribution in [2.45, 2.75) is 58.5 Å². The summed E-state index contributed by atoms with van der Waals surface area (Å²) in [5.74, 6) is -0.704. The molecule has 0 aromatic heterocycles. The molecule has 0 saturated heterocycles. The molecule has 0 amide bonds. The third-order valence-electron chi connectivity index (χ3n) is 2.83. The van der Waals surface area contributed by atoms with E-state index in [1.54, 1.807) is 0 Å². The molecule has 0 spiro atoms. The maximum absolute atomic E-state index is 11.0. The predicted octanol–water partition coefficient (Wildman–Crippen LogP) is 2.36. The topological polar surface area (TPSA) is 40.5 Å². The smallest absolute Gasteiger partial charge is 0.320 e. The van der Waals surface area contributed by atoms with Crippen molar-refractivity contribution < 1.29 is 9.90 Å². The Bertz CT molecular complexity index is 171. The number of rotatable bonds is 7. The highest BCUT2D eigenvalue weighted by atomic mass is 16.4. The molecule has 0 radical (unpaired) electrons.